The molecule has 4 aliphatic carbocycles. The van der Waals surface area contributed by atoms with Crippen LogP contribution < -0.4 is 0 Å². The molecule has 0 saturated heterocycles. The fourth-order valence-corrected chi connectivity index (χ4v) is 6.10. The van der Waals surface area contributed by atoms with E-state index in [9.17, 15) is 5.26 Å². The van der Waals surface area contributed by atoms with Gasteiger partial charge in [0.2, 0.25) is 0 Å². The van der Waals surface area contributed by atoms with Crippen LogP contribution in [0.25, 0.3) is 0 Å². The van der Waals surface area contributed by atoms with Crippen molar-refractivity contribution in [2.75, 3.05) is 0 Å². The lowest BCUT2D eigenvalue weighted by Crippen LogP contribution is -2.49. The van der Waals surface area contributed by atoms with Crippen LogP contribution in [0.15, 0.2) is 0 Å². The molecule has 0 spiro atoms. The van der Waals surface area contributed by atoms with Crippen LogP contribution in [0, 0.1) is 36.0 Å². The van der Waals surface area contributed by atoms with E-state index in [0.717, 1.165) is 27.6 Å². The number of rotatable bonds is 1. The van der Waals surface area contributed by atoms with Gasteiger partial charge in [0.25, 0.3) is 0 Å². The molecule has 18 heavy (non-hydrogen) atoms. The highest BCUT2D eigenvalue weighted by molar-refractivity contribution is 7.12. The van der Waals surface area contributed by atoms with Gasteiger partial charge in [0, 0.05) is 5.41 Å². The van der Waals surface area contributed by atoms with Gasteiger partial charge in [-0.1, -0.05) is 0 Å². The fraction of sp³-hybridized carbons (Fsp3) is 0.733. The molecule has 0 aliphatic heterocycles. The molecule has 0 unspecified atom stereocenters. The number of hydrogen-bond acceptors (Lipinski definition) is 3. The summed E-state index contributed by atoms with van der Waals surface area (Å²) in [5.41, 5.74) is 1.46. The lowest BCUT2D eigenvalue weighted by Gasteiger charge is -2.56. The Morgan fingerprint density at radius 3 is 2.22 bits per heavy atom. The summed E-state index contributed by atoms with van der Waals surface area (Å²) in [7, 11) is 0. The van der Waals surface area contributed by atoms with Gasteiger partial charge in [-0.05, 0) is 63.2 Å². The van der Waals surface area contributed by atoms with Gasteiger partial charge in [-0.15, -0.1) is 11.3 Å². The minimum absolute atomic E-state index is 0.282. The Morgan fingerprint density at radius 1 is 1.17 bits per heavy atom. The lowest BCUT2D eigenvalue weighted by atomic mass is 9.48. The molecule has 1 heterocycles. The number of hydrogen-bond donors (Lipinski definition) is 0. The Hall–Kier alpha value is -0.880. The zero-order valence-electron chi connectivity index (χ0n) is 10.8. The van der Waals surface area contributed by atoms with Crippen molar-refractivity contribution in [1.82, 2.24) is 4.98 Å². The van der Waals surface area contributed by atoms with E-state index in [2.05, 4.69) is 6.07 Å². The van der Waals surface area contributed by atoms with Crippen molar-refractivity contribution in [1.29, 1.82) is 5.26 Å². The third kappa shape index (κ3) is 1.42. The minimum atomic E-state index is 0.282. The van der Waals surface area contributed by atoms with Crippen molar-refractivity contribution in [2.45, 2.75) is 50.9 Å². The largest absolute Gasteiger partial charge is 0.245 e. The monoisotopic (exact) mass is 258 g/mol. The van der Waals surface area contributed by atoms with Gasteiger partial charge in [-0.25, -0.2) is 4.98 Å². The van der Waals surface area contributed by atoms with Crippen LogP contribution >= 0.6 is 11.3 Å². The van der Waals surface area contributed by atoms with E-state index in [1.165, 1.54) is 44.2 Å². The second-order valence-electron chi connectivity index (χ2n) is 6.72. The summed E-state index contributed by atoms with van der Waals surface area (Å²) in [5.74, 6) is 2.76. The first-order valence-electron chi connectivity index (χ1n) is 7.06. The zero-order chi connectivity index (χ0) is 12.3. The average Bonchev–Trinajstić information content (AvgIpc) is 2.69. The molecule has 2 nitrogen and oxygen atoms in total. The molecule has 0 amide bonds. The highest BCUT2D eigenvalue weighted by atomic mass is 32.1. The van der Waals surface area contributed by atoms with E-state index in [1.54, 1.807) is 11.3 Å². The Kier molecular flexibility index (Phi) is 2.18. The number of aromatic nitrogens is 1. The second-order valence-corrected chi connectivity index (χ2v) is 7.92. The second kappa shape index (κ2) is 3.57. The number of nitrogens with zero attached hydrogens (tertiary/aromatic N) is 2. The van der Waals surface area contributed by atoms with Crippen LogP contribution in [0.2, 0.25) is 0 Å². The third-order valence-electron chi connectivity index (χ3n) is 5.38. The molecule has 94 valence electrons. The van der Waals surface area contributed by atoms with Gasteiger partial charge in [0.15, 0.2) is 0 Å². The molecule has 0 N–H and O–H groups in total. The zero-order valence-corrected chi connectivity index (χ0v) is 11.6. The van der Waals surface area contributed by atoms with Crippen LogP contribution in [-0.2, 0) is 5.41 Å². The van der Waals surface area contributed by atoms with Gasteiger partial charge >= 0.3 is 0 Å². The Labute approximate surface area is 112 Å². The average molecular weight is 258 g/mol. The molecular formula is C15H18N2S. The first-order chi connectivity index (χ1) is 8.68. The molecule has 4 aliphatic rings. The summed E-state index contributed by atoms with van der Waals surface area (Å²) in [6.07, 6.45) is 8.25. The summed E-state index contributed by atoms with van der Waals surface area (Å²) >= 11 is 1.59. The van der Waals surface area contributed by atoms with Gasteiger partial charge < -0.3 is 0 Å². The molecule has 0 radical (unpaired) electrons. The molecule has 3 heteroatoms. The third-order valence-corrected chi connectivity index (χ3v) is 6.25. The van der Waals surface area contributed by atoms with Crippen molar-refractivity contribution >= 4 is 11.3 Å². The molecule has 4 fully saturated rings. The van der Waals surface area contributed by atoms with Crippen molar-refractivity contribution in [3.8, 4) is 6.07 Å². The summed E-state index contributed by atoms with van der Waals surface area (Å²) < 4.78 is 0. The van der Waals surface area contributed by atoms with Gasteiger partial charge in [0.05, 0.1) is 10.7 Å². The summed E-state index contributed by atoms with van der Waals surface area (Å²) in [6, 6.07) is 2.40. The highest BCUT2D eigenvalue weighted by Crippen LogP contribution is 2.61. The quantitative estimate of drug-likeness (QED) is 0.768. The number of thiazole rings is 1. The summed E-state index contributed by atoms with van der Waals surface area (Å²) in [4.78, 5) is 5.67. The SMILES string of the molecule is Cc1nc(C23CC4CC(CC(C4)C2)C3)c(C#N)s1. The van der Waals surface area contributed by atoms with Crippen LogP contribution in [-0.4, -0.2) is 4.98 Å². The van der Waals surface area contributed by atoms with Crippen LogP contribution in [0.3, 0.4) is 0 Å². The molecule has 1 aromatic heterocycles. The van der Waals surface area contributed by atoms with Crippen LogP contribution in [0.1, 0.15) is 54.1 Å². The molecule has 5 rings (SSSR count). The predicted molar refractivity (Wildman–Crippen MR) is 71.4 cm³/mol. The van der Waals surface area contributed by atoms with E-state index < -0.39 is 0 Å². The van der Waals surface area contributed by atoms with E-state index in [0.29, 0.717) is 0 Å². The van der Waals surface area contributed by atoms with E-state index in [1.807, 2.05) is 6.92 Å². The van der Waals surface area contributed by atoms with E-state index in [-0.39, 0.29) is 5.41 Å². The summed E-state index contributed by atoms with van der Waals surface area (Å²) in [6.45, 7) is 2.04. The number of aryl methyl sites for hydroxylation is 1. The van der Waals surface area contributed by atoms with Crippen LogP contribution in [0.5, 0.6) is 0 Å². The molecule has 4 saturated carbocycles. The van der Waals surface area contributed by atoms with Crippen molar-refractivity contribution in [3.05, 3.63) is 15.6 Å². The van der Waals surface area contributed by atoms with Gasteiger partial charge in [-0.3, -0.25) is 0 Å². The Balaban J connectivity index is 1.81. The normalized spacial score (nSPS) is 41.0. The molecule has 1 aromatic rings. The van der Waals surface area contributed by atoms with Gasteiger partial charge in [0.1, 0.15) is 10.9 Å². The van der Waals surface area contributed by atoms with Crippen LogP contribution in [0.4, 0.5) is 0 Å². The molecule has 0 atom stereocenters. The molecule has 4 bridgehead atoms. The minimum Gasteiger partial charge on any atom is -0.245 e. The molecular weight excluding hydrogens is 240 g/mol. The number of nitriles is 1. The Bertz CT molecular complexity index is 502. The van der Waals surface area contributed by atoms with E-state index >= 15 is 0 Å². The van der Waals surface area contributed by atoms with E-state index in [4.69, 9.17) is 4.98 Å². The predicted octanol–water partition coefficient (Wildman–Crippen LogP) is 3.79. The van der Waals surface area contributed by atoms with Crippen molar-refractivity contribution in [2.24, 2.45) is 17.8 Å². The van der Waals surface area contributed by atoms with Gasteiger partial charge in [-0.2, -0.15) is 5.26 Å². The standard InChI is InChI=1S/C15H18N2S/c1-9-17-14(13(8-16)18-9)15-5-10-2-11(6-15)4-12(3-10)7-15/h10-12H,2-7H2,1H3. The first-order valence-corrected chi connectivity index (χ1v) is 7.88. The topological polar surface area (TPSA) is 36.7 Å². The smallest absolute Gasteiger partial charge is 0.128 e. The van der Waals surface area contributed by atoms with Crippen molar-refractivity contribution in [3.63, 3.8) is 0 Å². The Morgan fingerprint density at radius 2 is 1.72 bits per heavy atom. The maximum Gasteiger partial charge on any atom is 0.128 e. The maximum atomic E-state index is 9.35. The molecule has 0 aromatic carbocycles. The lowest BCUT2D eigenvalue weighted by molar-refractivity contribution is -0.00708. The summed E-state index contributed by atoms with van der Waals surface area (Å²) in [5, 5.41) is 10.4. The first kappa shape index (κ1) is 11.0. The van der Waals surface area contributed by atoms with Crippen molar-refractivity contribution < 1.29 is 0 Å². The fourth-order valence-electron chi connectivity index (χ4n) is 5.26. The highest BCUT2D eigenvalue weighted by Gasteiger charge is 2.53. The maximum absolute atomic E-state index is 9.35.